The molecule has 1 fully saturated rings. The molecule has 1 amide bonds. The minimum absolute atomic E-state index is 0.114. The van der Waals surface area contributed by atoms with Crippen LogP contribution in [0.15, 0.2) is 24.3 Å². The molecule has 2 rings (SSSR count). The number of carbonyl (C=O) groups excluding carboxylic acids is 1. The Hall–Kier alpha value is -1.83. The SMILES string of the molecule is CC1CCOC1C(=O)Nc1cccc(C#CCO)c1. The third kappa shape index (κ3) is 3.57. The maximum absolute atomic E-state index is 12.0. The summed E-state index contributed by atoms with van der Waals surface area (Å²) in [6.45, 7) is 2.48. The minimum atomic E-state index is -0.368. The number of ether oxygens (including phenoxy) is 1. The lowest BCUT2D eigenvalue weighted by atomic mass is 10.0. The first-order chi connectivity index (χ1) is 9.20. The van der Waals surface area contributed by atoms with Crippen LogP contribution in [0.4, 0.5) is 5.69 Å². The normalized spacial score (nSPS) is 21.6. The Kier molecular flexibility index (Phi) is 4.56. The number of hydrogen-bond donors (Lipinski definition) is 2. The molecule has 100 valence electrons. The number of anilines is 1. The smallest absolute Gasteiger partial charge is 0.253 e. The van der Waals surface area contributed by atoms with Crippen molar-refractivity contribution in [2.75, 3.05) is 18.5 Å². The summed E-state index contributed by atoms with van der Waals surface area (Å²) in [5.41, 5.74) is 1.45. The quantitative estimate of drug-likeness (QED) is 0.789. The van der Waals surface area contributed by atoms with Gasteiger partial charge in [0.15, 0.2) is 0 Å². The van der Waals surface area contributed by atoms with Gasteiger partial charge in [-0.25, -0.2) is 0 Å². The molecule has 2 unspecified atom stereocenters. The molecule has 1 aliphatic heterocycles. The van der Waals surface area contributed by atoms with E-state index in [0.717, 1.165) is 12.0 Å². The summed E-state index contributed by atoms with van der Waals surface area (Å²) in [7, 11) is 0. The van der Waals surface area contributed by atoms with E-state index in [1.54, 1.807) is 6.07 Å². The number of nitrogens with one attached hydrogen (secondary N) is 1. The molecule has 0 bridgehead atoms. The van der Waals surface area contributed by atoms with Crippen LogP contribution >= 0.6 is 0 Å². The first-order valence-corrected chi connectivity index (χ1v) is 6.33. The van der Waals surface area contributed by atoms with Crippen molar-refractivity contribution in [3.8, 4) is 11.8 Å². The third-order valence-corrected chi connectivity index (χ3v) is 3.09. The van der Waals surface area contributed by atoms with E-state index < -0.39 is 0 Å². The summed E-state index contributed by atoms with van der Waals surface area (Å²) in [6, 6.07) is 7.23. The van der Waals surface area contributed by atoms with Crippen molar-refractivity contribution in [2.24, 2.45) is 5.92 Å². The molecule has 0 aromatic heterocycles. The van der Waals surface area contributed by atoms with E-state index in [2.05, 4.69) is 17.2 Å². The van der Waals surface area contributed by atoms with Crippen molar-refractivity contribution in [2.45, 2.75) is 19.4 Å². The van der Waals surface area contributed by atoms with Crippen molar-refractivity contribution in [1.82, 2.24) is 0 Å². The molecule has 1 aromatic rings. The number of carbonyl (C=O) groups is 1. The lowest BCUT2D eigenvalue weighted by Gasteiger charge is -2.14. The van der Waals surface area contributed by atoms with E-state index in [1.807, 2.05) is 25.1 Å². The zero-order chi connectivity index (χ0) is 13.7. The summed E-state index contributed by atoms with van der Waals surface area (Å²) < 4.78 is 5.42. The van der Waals surface area contributed by atoms with Crippen molar-refractivity contribution >= 4 is 11.6 Å². The number of rotatable bonds is 2. The Bertz CT molecular complexity index is 516. The van der Waals surface area contributed by atoms with Crippen molar-refractivity contribution < 1.29 is 14.6 Å². The van der Waals surface area contributed by atoms with Crippen LogP contribution in [-0.2, 0) is 9.53 Å². The summed E-state index contributed by atoms with van der Waals surface area (Å²) in [5.74, 6) is 5.51. The van der Waals surface area contributed by atoms with E-state index in [1.165, 1.54) is 0 Å². The lowest BCUT2D eigenvalue weighted by Crippen LogP contribution is -2.31. The van der Waals surface area contributed by atoms with Gasteiger partial charge in [-0.15, -0.1) is 0 Å². The van der Waals surface area contributed by atoms with Crippen LogP contribution < -0.4 is 5.32 Å². The van der Waals surface area contributed by atoms with Gasteiger partial charge >= 0.3 is 0 Å². The maximum Gasteiger partial charge on any atom is 0.253 e. The maximum atomic E-state index is 12.0. The van der Waals surface area contributed by atoms with Gasteiger partial charge in [0.25, 0.3) is 5.91 Å². The Morgan fingerprint density at radius 1 is 1.58 bits per heavy atom. The zero-order valence-electron chi connectivity index (χ0n) is 10.8. The van der Waals surface area contributed by atoms with Crippen LogP contribution in [0.3, 0.4) is 0 Å². The fourth-order valence-electron chi connectivity index (χ4n) is 2.06. The lowest BCUT2D eigenvalue weighted by molar-refractivity contribution is -0.126. The van der Waals surface area contributed by atoms with Gasteiger partial charge in [-0.2, -0.15) is 0 Å². The number of aliphatic hydroxyl groups excluding tert-OH is 1. The van der Waals surface area contributed by atoms with E-state index in [9.17, 15) is 4.79 Å². The molecule has 4 heteroatoms. The fourth-order valence-corrected chi connectivity index (χ4v) is 2.06. The molecule has 2 N–H and O–H groups in total. The van der Waals surface area contributed by atoms with E-state index >= 15 is 0 Å². The predicted molar refractivity (Wildman–Crippen MR) is 72.6 cm³/mol. The number of aliphatic hydroxyl groups is 1. The average molecular weight is 259 g/mol. The Labute approximate surface area is 112 Å². The molecular formula is C15H17NO3. The second kappa shape index (κ2) is 6.37. The highest BCUT2D eigenvalue weighted by molar-refractivity contribution is 5.94. The third-order valence-electron chi connectivity index (χ3n) is 3.09. The van der Waals surface area contributed by atoms with Crippen LogP contribution in [0.1, 0.15) is 18.9 Å². The monoisotopic (exact) mass is 259 g/mol. The molecule has 1 aliphatic rings. The van der Waals surface area contributed by atoms with Gasteiger partial charge in [-0.1, -0.05) is 24.8 Å². The van der Waals surface area contributed by atoms with E-state index in [-0.39, 0.29) is 24.5 Å². The number of amides is 1. The number of benzene rings is 1. The van der Waals surface area contributed by atoms with Crippen molar-refractivity contribution in [3.05, 3.63) is 29.8 Å². The largest absolute Gasteiger partial charge is 0.384 e. The molecule has 1 aromatic carbocycles. The van der Waals surface area contributed by atoms with Crippen molar-refractivity contribution in [1.29, 1.82) is 0 Å². The van der Waals surface area contributed by atoms with Gasteiger partial charge in [-0.3, -0.25) is 4.79 Å². The molecule has 19 heavy (non-hydrogen) atoms. The Morgan fingerprint density at radius 3 is 3.11 bits per heavy atom. The average Bonchev–Trinajstić information content (AvgIpc) is 2.83. The van der Waals surface area contributed by atoms with Gasteiger partial charge in [-0.05, 0) is 30.5 Å². The molecule has 0 aliphatic carbocycles. The van der Waals surface area contributed by atoms with Gasteiger partial charge in [0.05, 0.1) is 0 Å². The topological polar surface area (TPSA) is 58.6 Å². The van der Waals surface area contributed by atoms with Crippen molar-refractivity contribution in [3.63, 3.8) is 0 Å². The highest BCUT2D eigenvalue weighted by Gasteiger charge is 2.30. The van der Waals surface area contributed by atoms with Gasteiger partial charge in [0.2, 0.25) is 0 Å². The minimum Gasteiger partial charge on any atom is -0.384 e. The highest BCUT2D eigenvalue weighted by atomic mass is 16.5. The fraction of sp³-hybridized carbons (Fsp3) is 0.400. The highest BCUT2D eigenvalue weighted by Crippen LogP contribution is 2.21. The van der Waals surface area contributed by atoms with Crippen LogP contribution in [0, 0.1) is 17.8 Å². The zero-order valence-corrected chi connectivity index (χ0v) is 10.8. The first-order valence-electron chi connectivity index (χ1n) is 6.33. The van der Waals surface area contributed by atoms with Gasteiger partial charge < -0.3 is 15.2 Å². The summed E-state index contributed by atoms with van der Waals surface area (Å²) in [5, 5.41) is 11.5. The summed E-state index contributed by atoms with van der Waals surface area (Å²) >= 11 is 0. The van der Waals surface area contributed by atoms with E-state index in [0.29, 0.717) is 12.3 Å². The number of hydrogen-bond acceptors (Lipinski definition) is 3. The standard InChI is InChI=1S/C15H17NO3/c1-11-7-9-19-14(11)15(18)16-13-6-2-4-12(10-13)5-3-8-17/h2,4,6,10-11,14,17H,7-9H2,1H3,(H,16,18). The predicted octanol–water partition coefficient (Wildman–Crippen LogP) is 1.39. The summed E-state index contributed by atoms with van der Waals surface area (Å²) in [4.78, 5) is 12.0. The Morgan fingerprint density at radius 2 is 2.42 bits per heavy atom. The summed E-state index contributed by atoms with van der Waals surface area (Å²) in [6.07, 6.45) is 0.548. The van der Waals surface area contributed by atoms with Crippen LogP contribution in [-0.4, -0.2) is 30.3 Å². The van der Waals surface area contributed by atoms with Crippen LogP contribution in [0.5, 0.6) is 0 Å². The Balaban J connectivity index is 2.04. The second-order valence-electron chi connectivity index (χ2n) is 4.59. The first kappa shape index (κ1) is 13.6. The van der Waals surface area contributed by atoms with Gasteiger partial charge in [0.1, 0.15) is 12.7 Å². The molecular weight excluding hydrogens is 242 g/mol. The second-order valence-corrected chi connectivity index (χ2v) is 4.59. The van der Waals surface area contributed by atoms with E-state index in [4.69, 9.17) is 9.84 Å². The molecule has 0 saturated carbocycles. The van der Waals surface area contributed by atoms with Crippen LogP contribution in [0.2, 0.25) is 0 Å². The molecule has 4 nitrogen and oxygen atoms in total. The molecule has 0 spiro atoms. The van der Waals surface area contributed by atoms with Gasteiger partial charge in [0, 0.05) is 17.9 Å². The molecule has 0 radical (unpaired) electrons. The van der Waals surface area contributed by atoms with Crippen LogP contribution in [0.25, 0.3) is 0 Å². The molecule has 1 saturated heterocycles. The molecule has 1 heterocycles. The molecule has 2 atom stereocenters.